The Morgan fingerprint density at radius 3 is 2.38 bits per heavy atom. The molecule has 2 aliphatic rings. The van der Waals surface area contributed by atoms with Crippen molar-refractivity contribution >= 4 is 63.0 Å². The highest BCUT2D eigenvalue weighted by atomic mass is 32.2. The zero-order chi connectivity index (χ0) is 26.7. The lowest BCUT2D eigenvalue weighted by atomic mass is 9.98. The molecule has 3 amide bonds. The minimum Gasteiger partial charge on any atom is -0.324 e. The highest BCUT2D eigenvalue weighted by Gasteiger charge is 2.42. The van der Waals surface area contributed by atoms with E-state index in [1.165, 1.54) is 16.7 Å². The third kappa shape index (κ3) is 5.50. The van der Waals surface area contributed by atoms with Crippen molar-refractivity contribution in [3.8, 4) is 0 Å². The fourth-order valence-corrected chi connectivity index (χ4v) is 6.22. The van der Waals surface area contributed by atoms with E-state index < -0.39 is 0 Å². The maximum atomic E-state index is 13.7. The van der Waals surface area contributed by atoms with Gasteiger partial charge in [-0.05, 0) is 43.4 Å². The monoisotopic (exact) mass is 535 g/mol. The molecular formula is C29H33N3O3S2. The molecule has 1 saturated heterocycles. The molecule has 1 N–H and O–H groups in total. The number of nitrogens with zero attached hydrogens (tertiary/aromatic N) is 2. The van der Waals surface area contributed by atoms with Crippen LogP contribution in [0.25, 0.3) is 5.57 Å². The van der Waals surface area contributed by atoms with E-state index in [-0.39, 0.29) is 24.3 Å². The van der Waals surface area contributed by atoms with E-state index in [2.05, 4.69) is 19.2 Å². The van der Waals surface area contributed by atoms with Crippen LogP contribution in [0.4, 0.5) is 11.4 Å². The lowest BCUT2D eigenvalue weighted by Gasteiger charge is -2.21. The molecule has 0 aliphatic carbocycles. The van der Waals surface area contributed by atoms with Crippen LogP contribution in [0.15, 0.2) is 47.4 Å². The molecular weight excluding hydrogens is 502 g/mol. The van der Waals surface area contributed by atoms with Crippen LogP contribution in [-0.4, -0.2) is 40.0 Å². The van der Waals surface area contributed by atoms with Gasteiger partial charge in [0, 0.05) is 17.8 Å². The molecule has 0 spiro atoms. The molecule has 2 aromatic carbocycles. The molecule has 194 valence electrons. The quantitative estimate of drug-likeness (QED) is 0.311. The molecule has 2 aliphatic heterocycles. The largest absolute Gasteiger partial charge is 0.324 e. The Balaban J connectivity index is 1.60. The topological polar surface area (TPSA) is 69.7 Å². The summed E-state index contributed by atoms with van der Waals surface area (Å²) >= 11 is 6.78. The van der Waals surface area contributed by atoms with Crippen LogP contribution in [0.2, 0.25) is 0 Å². The highest BCUT2D eigenvalue weighted by molar-refractivity contribution is 8.26. The van der Waals surface area contributed by atoms with Gasteiger partial charge in [-0.1, -0.05) is 93.5 Å². The van der Waals surface area contributed by atoms with Gasteiger partial charge in [-0.25, -0.2) is 0 Å². The zero-order valence-corrected chi connectivity index (χ0v) is 23.4. The van der Waals surface area contributed by atoms with Crippen LogP contribution < -0.4 is 10.2 Å². The first-order chi connectivity index (χ1) is 17.8. The summed E-state index contributed by atoms with van der Waals surface area (Å²) in [7, 11) is 0. The van der Waals surface area contributed by atoms with Gasteiger partial charge in [0.2, 0.25) is 5.91 Å². The molecule has 0 aromatic heterocycles. The molecule has 1 fully saturated rings. The molecule has 0 saturated carbocycles. The number of amides is 3. The first-order valence-electron chi connectivity index (χ1n) is 12.8. The van der Waals surface area contributed by atoms with E-state index in [4.69, 9.17) is 12.2 Å². The number of rotatable bonds is 9. The van der Waals surface area contributed by atoms with Gasteiger partial charge in [0.15, 0.2) is 0 Å². The molecule has 0 radical (unpaired) electrons. The van der Waals surface area contributed by atoms with Crippen LogP contribution in [0, 0.1) is 19.8 Å². The molecule has 37 heavy (non-hydrogen) atoms. The molecule has 2 heterocycles. The van der Waals surface area contributed by atoms with Crippen molar-refractivity contribution < 1.29 is 14.4 Å². The number of thioether (sulfide) groups is 1. The molecule has 8 heteroatoms. The van der Waals surface area contributed by atoms with Gasteiger partial charge in [-0.2, -0.15) is 0 Å². The average molecular weight is 536 g/mol. The molecule has 1 atom stereocenters. The van der Waals surface area contributed by atoms with Gasteiger partial charge in [-0.3, -0.25) is 24.2 Å². The van der Waals surface area contributed by atoms with Crippen LogP contribution >= 0.6 is 24.0 Å². The zero-order valence-electron chi connectivity index (χ0n) is 21.8. The summed E-state index contributed by atoms with van der Waals surface area (Å²) in [5, 5.41) is 2.96. The Hall–Kier alpha value is -2.97. The number of hydrogen-bond acceptors (Lipinski definition) is 5. The van der Waals surface area contributed by atoms with E-state index in [0.29, 0.717) is 38.5 Å². The SMILES string of the molecule is CCCC[C@H](CC)CN1C(=O)/C(=C2/C(=O)N(CC(=O)Nc3c(C)cccc3C)c3ccccc32)SC1=S. The molecule has 0 unspecified atom stereocenters. The van der Waals surface area contributed by atoms with Gasteiger partial charge in [0.05, 0.1) is 16.2 Å². The summed E-state index contributed by atoms with van der Waals surface area (Å²) in [4.78, 5) is 43.7. The number of nitrogens with one attached hydrogen (secondary N) is 1. The minimum absolute atomic E-state index is 0.150. The Morgan fingerprint density at radius 1 is 1.00 bits per heavy atom. The van der Waals surface area contributed by atoms with Crippen molar-refractivity contribution in [2.45, 2.75) is 53.4 Å². The number of hydrogen-bond donors (Lipinski definition) is 1. The van der Waals surface area contributed by atoms with Crippen LogP contribution in [0.3, 0.4) is 0 Å². The summed E-state index contributed by atoms with van der Waals surface area (Å²) in [6, 6.07) is 13.1. The summed E-state index contributed by atoms with van der Waals surface area (Å²) in [6.07, 6.45) is 4.23. The molecule has 0 bridgehead atoms. The Morgan fingerprint density at radius 2 is 1.70 bits per heavy atom. The lowest BCUT2D eigenvalue weighted by molar-refractivity contribution is -0.123. The fraction of sp³-hybridized carbons (Fsp3) is 0.379. The average Bonchev–Trinajstić information content (AvgIpc) is 3.31. The first-order valence-corrected chi connectivity index (χ1v) is 14.0. The van der Waals surface area contributed by atoms with Gasteiger partial charge in [0.25, 0.3) is 11.8 Å². The van der Waals surface area contributed by atoms with Crippen molar-refractivity contribution in [2.75, 3.05) is 23.3 Å². The number of carbonyl (C=O) groups excluding carboxylic acids is 3. The number of anilines is 2. The second kappa shape index (κ2) is 11.6. The molecule has 2 aromatic rings. The number of carbonyl (C=O) groups is 3. The maximum Gasteiger partial charge on any atom is 0.267 e. The smallest absolute Gasteiger partial charge is 0.267 e. The number of unbranched alkanes of at least 4 members (excludes halogenated alkanes) is 1. The normalized spacial score (nSPS) is 18.0. The minimum atomic E-state index is -0.351. The predicted octanol–water partition coefficient (Wildman–Crippen LogP) is 6.08. The summed E-state index contributed by atoms with van der Waals surface area (Å²) in [5.41, 5.74) is 4.27. The van der Waals surface area contributed by atoms with Crippen LogP contribution in [0.5, 0.6) is 0 Å². The summed E-state index contributed by atoms with van der Waals surface area (Å²) < 4.78 is 0.485. The van der Waals surface area contributed by atoms with E-state index in [1.54, 1.807) is 4.90 Å². The van der Waals surface area contributed by atoms with Gasteiger partial charge in [-0.15, -0.1) is 0 Å². The number of aryl methyl sites for hydroxylation is 2. The van der Waals surface area contributed by atoms with E-state index in [1.807, 2.05) is 56.3 Å². The fourth-order valence-electron chi connectivity index (χ4n) is 4.87. The lowest BCUT2D eigenvalue weighted by Crippen LogP contribution is -2.36. The number of benzene rings is 2. The Bertz CT molecular complexity index is 1270. The third-order valence-corrected chi connectivity index (χ3v) is 8.48. The first kappa shape index (κ1) is 27.1. The van der Waals surface area contributed by atoms with Crippen molar-refractivity contribution in [3.63, 3.8) is 0 Å². The summed E-state index contributed by atoms with van der Waals surface area (Å²) in [5.74, 6) is -0.499. The van der Waals surface area contributed by atoms with Crippen molar-refractivity contribution in [1.82, 2.24) is 4.90 Å². The number of fused-ring (bicyclic) bond motifs is 1. The molecule has 6 nitrogen and oxygen atoms in total. The van der Waals surface area contributed by atoms with E-state index >= 15 is 0 Å². The van der Waals surface area contributed by atoms with Crippen molar-refractivity contribution in [2.24, 2.45) is 5.92 Å². The second-order valence-corrected chi connectivity index (χ2v) is 11.3. The van der Waals surface area contributed by atoms with Crippen molar-refractivity contribution in [3.05, 3.63) is 64.1 Å². The molecule has 4 rings (SSSR count). The predicted molar refractivity (Wildman–Crippen MR) is 155 cm³/mol. The standard InChI is InChI=1S/C29H33N3O3S2/c1-5-7-13-20(6-2)16-32-28(35)26(37-29(32)36)24-21-14-8-9-15-22(21)31(27(24)34)17-23(33)30-25-18(3)11-10-12-19(25)4/h8-12,14-15,20H,5-7,13,16-17H2,1-4H3,(H,30,33)/b26-24-/t20-/m0/s1. The Labute approximate surface area is 228 Å². The Kier molecular flexibility index (Phi) is 8.49. The van der Waals surface area contributed by atoms with Crippen LogP contribution in [0.1, 0.15) is 56.2 Å². The van der Waals surface area contributed by atoms with Crippen molar-refractivity contribution in [1.29, 1.82) is 0 Å². The third-order valence-electron chi connectivity index (χ3n) is 7.03. The highest BCUT2D eigenvalue weighted by Crippen LogP contribution is 2.44. The number of para-hydroxylation sites is 2. The van der Waals surface area contributed by atoms with Crippen LogP contribution in [-0.2, 0) is 14.4 Å². The van der Waals surface area contributed by atoms with Gasteiger partial charge in [0.1, 0.15) is 10.9 Å². The second-order valence-electron chi connectivity index (χ2n) is 9.63. The number of thiocarbonyl (C=S) groups is 1. The van der Waals surface area contributed by atoms with Gasteiger partial charge < -0.3 is 5.32 Å². The van der Waals surface area contributed by atoms with E-state index in [9.17, 15) is 14.4 Å². The van der Waals surface area contributed by atoms with E-state index in [0.717, 1.165) is 42.5 Å². The van der Waals surface area contributed by atoms with Gasteiger partial charge >= 0.3 is 0 Å². The maximum absolute atomic E-state index is 13.7. The summed E-state index contributed by atoms with van der Waals surface area (Å²) in [6.45, 7) is 8.58.